The average Bonchev–Trinajstić information content (AvgIpc) is 3.08. The molecule has 0 spiro atoms. The van der Waals surface area contributed by atoms with E-state index in [0.717, 1.165) is 24.2 Å². The van der Waals surface area contributed by atoms with Crippen molar-refractivity contribution in [1.29, 1.82) is 0 Å². The smallest absolute Gasteiger partial charge is 0.261 e. The molecule has 2 aromatic rings. The number of carbonyl (C=O) groups is 2. The van der Waals surface area contributed by atoms with Crippen molar-refractivity contribution in [3.05, 3.63) is 59.1 Å². The molecular formula is C20H21ClN2O3. The molecule has 0 bridgehead atoms. The standard InChI is InChI=1S/C20H21ClN2O3/c1-14(26-18-10-6-16(21)7-11-18)20(25)22-13-15-4-8-17(9-5-15)23-12-2-3-19(23)24/h4-11,14H,2-3,12-13H2,1H3,(H,22,25)/t14-/m1/s1. The summed E-state index contributed by atoms with van der Waals surface area (Å²) >= 11 is 5.83. The molecule has 6 heteroatoms. The molecule has 1 saturated heterocycles. The predicted molar refractivity (Wildman–Crippen MR) is 101 cm³/mol. The molecule has 5 nitrogen and oxygen atoms in total. The number of carbonyl (C=O) groups excluding carboxylic acids is 2. The Labute approximate surface area is 157 Å². The number of amides is 2. The lowest BCUT2D eigenvalue weighted by Crippen LogP contribution is -2.35. The number of ether oxygens (including phenoxy) is 1. The first-order valence-corrected chi connectivity index (χ1v) is 9.00. The van der Waals surface area contributed by atoms with Crippen LogP contribution in [0.2, 0.25) is 5.02 Å². The van der Waals surface area contributed by atoms with Gasteiger partial charge in [0.05, 0.1) is 0 Å². The molecule has 0 aromatic heterocycles. The van der Waals surface area contributed by atoms with Gasteiger partial charge < -0.3 is 15.0 Å². The van der Waals surface area contributed by atoms with E-state index >= 15 is 0 Å². The van der Waals surface area contributed by atoms with E-state index in [1.807, 2.05) is 24.3 Å². The van der Waals surface area contributed by atoms with Crippen LogP contribution in [-0.4, -0.2) is 24.5 Å². The quantitative estimate of drug-likeness (QED) is 0.843. The molecule has 0 saturated carbocycles. The molecule has 0 unspecified atom stereocenters. The minimum atomic E-state index is -0.613. The molecular weight excluding hydrogens is 352 g/mol. The van der Waals surface area contributed by atoms with Crippen LogP contribution in [0, 0.1) is 0 Å². The molecule has 26 heavy (non-hydrogen) atoms. The van der Waals surface area contributed by atoms with Gasteiger partial charge in [-0.05, 0) is 55.3 Å². The molecule has 1 heterocycles. The zero-order chi connectivity index (χ0) is 18.5. The van der Waals surface area contributed by atoms with Gasteiger partial charge in [-0.15, -0.1) is 0 Å². The van der Waals surface area contributed by atoms with Crippen molar-refractivity contribution in [3.63, 3.8) is 0 Å². The lowest BCUT2D eigenvalue weighted by molar-refractivity contribution is -0.127. The Hall–Kier alpha value is -2.53. The van der Waals surface area contributed by atoms with Crippen LogP contribution in [0.5, 0.6) is 5.75 Å². The van der Waals surface area contributed by atoms with Crippen molar-refractivity contribution in [1.82, 2.24) is 5.32 Å². The maximum absolute atomic E-state index is 12.2. The number of benzene rings is 2. The Bertz CT molecular complexity index is 775. The largest absolute Gasteiger partial charge is 0.481 e. The summed E-state index contributed by atoms with van der Waals surface area (Å²) in [6, 6.07) is 14.6. The lowest BCUT2D eigenvalue weighted by atomic mass is 10.2. The number of hydrogen-bond acceptors (Lipinski definition) is 3. The van der Waals surface area contributed by atoms with Crippen molar-refractivity contribution in [3.8, 4) is 5.75 Å². The van der Waals surface area contributed by atoms with Gasteiger partial charge in [0.15, 0.2) is 6.10 Å². The van der Waals surface area contributed by atoms with Crippen LogP contribution in [0.4, 0.5) is 5.69 Å². The van der Waals surface area contributed by atoms with Crippen molar-refractivity contribution in [2.75, 3.05) is 11.4 Å². The summed E-state index contributed by atoms with van der Waals surface area (Å²) in [7, 11) is 0. The van der Waals surface area contributed by atoms with E-state index in [4.69, 9.17) is 16.3 Å². The Morgan fingerprint density at radius 2 is 1.88 bits per heavy atom. The molecule has 0 radical (unpaired) electrons. The van der Waals surface area contributed by atoms with Crippen LogP contribution >= 0.6 is 11.6 Å². The molecule has 0 aliphatic carbocycles. The van der Waals surface area contributed by atoms with Crippen molar-refractivity contribution in [2.24, 2.45) is 0 Å². The number of nitrogens with zero attached hydrogens (tertiary/aromatic N) is 1. The topological polar surface area (TPSA) is 58.6 Å². The summed E-state index contributed by atoms with van der Waals surface area (Å²) in [5.74, 6) is 0.564. The number of hydrogen-bond donors (Lipinski definition) is 1. The van der Waals surface area contributed by atoms with Crippen LogP contribution in [-0.2, 0) is 16.1 Å². The van der Waals surface area contributed by atoms with E-state index in [1.54, 1.807) is 36.1 Å². The van der Waals surface area contributed by atoms with Gasteiger partial charge in [0.25, 0.3) is 5.91 Å². The lowest BCUT2D eigenvalue weighted by Gasteiger charge is -2.17. The van der Waals surface area contributed by atoms with Crippen LogP contribution in [0.25, 0.3) is 0 Å². The van der Waals surface area contributed by atoms with Gasteiger partial charge in [0, 0.05) is 30.2 Å². The van der Waals surface area contributed by atoms with E-state index in [1.165, 1.54) is 0 Å². The molecule has 2 amide bonds. The molecule has 1 aliphatic rings. The summed E-state index contributed by atoms with van der Waals surface area (Å²) < 4.78 is 5.60. The molecule has 1 fully saturated rings. The van der Waals surface area contributed by atoms with Gasteiger partial charge in [0.2, 0.25) is 5.91 Å². The summed E-state index contributed by atoms with van der Waals surface area (Å²) in [4.78, 5) is 25.8. The van der Waals surface area contributed by atoms with Crippen molar-refractivity contribution in [2.45, 2.75) is 32.4 Å². The van der Waals surface area contributed by atoms with Gasteiger partial charge in [-0.2, -0.15) is 0 Å². The second kappa shape index (κ2) is 8.23. The van der Waals surface area contributed by atoms with Crippen molar-refractivity contribution < 1.29 is 14.3 Å². The highest BCUT2D eigenvalue weighted by Gasteiger charge is 2.21. The summed E-state index contributed by atoms with van der Waals surface area (Å²) in [6.07, 6.45) is 0.906. The van der Waals surface area contributed by atoms with Crippen LogP contribution in [0.1, 0.15) is 25.3 Å². The fraction of sp³-hybridized carbons (Fsp3) is 0.300. The van der Waals surface area contributed by atoms with Gasteiger partial charge in [0.1, 0.15) is 5.75 Å². The first kappa shape index (κ1) is 18.3. The Kier molecular flexibility index (Phi) is 5.78. The highest BCUT2D eigenvalue weighted by atomic mass is 35.5. The van der Waals surface area contributed by atoms with E-state index in [9.17, 15) is 9.59 Å². The second-order valence-electron chi connectivity index (χ2n) is 6.25. The van der Waals surface area contributed by atoms with E-state index < -0.39 is 6.10 Å². The summed E-state index contributed by atoms with van der Waals surface area (Å²) in [5.41, 5.74) is 1.87. The Morgan fingerprint density at radius 3 is 2.50 bits per heavy atom. The predicted octanol–water partition coefficient (Wildman–Crippen LogP) is 3.55. The molecule has 3 rings (SSSR count). The fourth-order valence-electron chi connectivity index (χ4n) is 2.82. The number of anilines is 1. The number of rotatable bonds is 6. The minimum Gasteiger partial charge on any atom is -0.481 e. The van der Waals surface area contributed by atoms with Gasteiger partial charge in [-0.25, -0.2) is 0 Å². The summed E-state index contributed by atoms with van der Waals surface area (Å²) in [6.45, 7) is 2.88. The molecule has 1 N–H and O–H groups in total. The van der Waals surface area contributed by atoms with Gasteiger partial charge >= 0.3 is 0 Å². The SMILES string of the molecule is C[C@@H](Oc1ccc(Cl)cc1)C(=O)NCc1ccc(N2CCCC2=O)cc1. The Morgan fingerprint density at radius 1 is 1.19 bits per heavy atom. The van der Waals surface area contributed by atoms with E-state index in [-0.39, 0.29) is 11.8 Å². The maximum Gasteiger partial charge on any atom is 0.261 e. The van der Waals surface area contributed by atoms with Crippen molar-refractivity contribution >= 4 is 29.1 Å². The Balaban J connectivity index is 1.50. The highest BCUT2D eigenvalue weighted by Crippen LogP contribution is 2.21. The fourth-order valence-corrected chi connectivity index (χ4v) is 2.94. The molecule has 136 valence electrons. The maximum atomic E-state index is 12.2. The first-order chi connectivity index (χ1) is 12.5. The molecule has 1 atom stereocenters. The highest BCUT2D eigenvalue weighted by molar-refractivity contribution is 6.30. The van der Waals surface area contributed by atoms with E-state index in [0.29, 0.717) is 23.7 Å². The van der Waals surface area contributed by atoms with Gasteiger partial charge in [-0.3, -0.25) is 9.59 Å². The van der Waals surface area contributed by atoms with Crippen LogP contribution < -0.4 is 15.0 Å². The molecule has 2 aromatic carbocycles. The minimum absolute atomic E-state index is 0.166. The third kappa shape index (κ3) is 4.55. The van der Waals surface area contributed by atoms with E-state index in [2.05, 4.69) is 5.32 Å². The zero-order valence-corrected chi connectivity index (χ0v) is 15.3. The first-order valence-electron chi connectivity index (χ1n) is 8.62. The third-order valence-corrected chi connectivity index (χ3v) is 4.54. The van der Waals surface area contributed by atoms with Gasteiger partial charge in [-0.1, -0.05) is 23.7 Å². The number of halogens is 1. The summed E-state index contributed by atoms with van der Waals surface area (Å²) in [5, 5.41) is 3.48. The van der Waals surface area contributed by atoms with Crippen LogP contribution in [0.15, 0.2) is 48.5 Å². The second-order valence-corrected chi connectivity index (χ2v) is 6.68. The monoisotopic (exact) mass is 372 g/mol. The van der Waals surface area contributed by atoms with Crippen LogP contribution in [0.3, 0.4) is 0 Å². The number of nitrogens with one attached hydrogen (secondary N) is 1. The molecule has 1 aliphatic heterocycles. The third-order valence-electron chi connectivity index (χ3n) is 4.28. The average molecular weight is 373 g/mol. The zero-order valence-electron chi connectivity index (χ0n) is 14.6. The normalized spacial score (nSPS) is 15.0.